The number of imidazole rings is 1. The summed E-state index contributed by atoms with van der Waals surface area (Å²) in [6.07, 6.45) is -0.176. The number of hydrogen-bond donors (Lipinski definition) is 2. The third-order valence-corrected chi connectivity index (χ3v) is 6.20. The summed E-state index contributed by atoms with van der Waals surface area (Å²) in [6, 6.07) is 12.6. The Morgan fingerprint density at radius 3 is 2.67 bits per heavy atom. The third-order valence-electron chi connectivity index (χ3n) is 6.20. The fourth-order valence-electron chi connectivity index (χ4n) is 4.64. The maximum Gasteiger partial charge on any atom is 0.325 e. The number of amides is 3. The number of aliphatic imine (C=N–C) groups is 1. The summed E-state index contributed by atoms with van der Waals surface area (Å²) in [5.41, 5.74) is 2.65. The van der Waals surface area contributed by atoms with Gasteiger partial charge in [-0.15, -0.1) is 0 Å². The number of urea groups is 1. The number of carbonyl (C=O) groups excluding carboxylic acids is 2. The van der Waals surface area contributed by atoms with Crippen molar-refractivity contribution in [3.8, 4) is 11.5 Å². The van der Waals surface area contributed by atoms with Crippen LogP contribution in [0.5, 0.6) is 11.5 Å². The predicted molar refractivity (Wildman–Crippen MR) is 119 cm³/mol. The van der Waals surface area contributed by atoms with Gasteiger partial charge in [-0.3, -0.25) is 15.0 Å². The van der Waals surface area contributed by atoms with Gasteiger partial charge < -0.3 is 19.4 Å². The van der Waals surface area contributed by atoms with Crippen molar-refractivity contribution in [3.63, 3.8) is 0 Å². The molecule has 10 heteroatoms. The number of carbonyl (C=O) groups is 2. The number of likely N-dealkylation sites (N-methyl/N-ethyl adjacent to an activating group) is 1. The van der Waals surface area contributed by atoms with Crippen LogP contribution < -0.4 is 14.8 Å². The van der Waals surface area contributed by atoms with E-state index in [1.54, 1.807) is 4.90 Å². The van der Waals surface area contributed by atoms with Gasteiger partial charge in [0.05, 0.1) is 17.5 Å². The molecule has 2 N–H and O–H groups in total. The van der Waals surface area contributed by atoms with Crippen molar-refractivity contribution < 1.29 is 19.1 Å². The van der Waals surface area contributed by atoms with E-state index in [4.69, 9.17) is 19.5 Å². The van der Waals surface area contributed by atoms with Crippen molar-refractivity contribution in [2.45, 2.75) is 32.1 Å². The summed E-state index contributed by atoms with van der Waals surface area (Å²) in [6.45, 7) is 3.03. The lowest BCUT2D eigenvalue weighted by Gasteiger charge is -2.37. The summed E-state index contributed by atoms with van der Waals surface area (Å²) in [5, 5.41) is 2.48. The summed E-state index contributed by atoms with van der Waals surface area (Å²) in [7, 11) is 0. The molecule has 6 rings (SSSR count). The number of H-pyrrole nitrogens is 1. The standard InChI is InChI=1S/C23H22N6O4/c1-2-28-21-20(22(30)27-23(28)31)29(11-13-6-4-3-5-7-13)19(26-21)10-18-24-14-8-16-17(33-12-32-16)9-15(14)25-18/h3-9,20-21H,2,10-12H2,1H3,(H,24,25)(H,27,30,31). The van der Waals surface area contributed by atoms with Crippen molar-refractivity contribution in [1.29, 1.82) is 0 Å². The molecule has 0 spiro atoms. The summed E-state index contributed by atoms with van der Waals surface area (Å²) < 4.78 is 10.9. The Hall–Kier alpha value is -4.08. The van der Waals surface area contributed by atoms with Crippen LogP contribution in [-0.2, 0) is 17.8 Å². The maximum atomic E-state index is 12.9. The normalized spacial score (nSPS) is 21.4. The Kier molecular flexibility index (Phi) is 4.46. The zero-order chi connectivity index (χ0) is 22.5. The first-order valence-electron chi connectivity index (χ1n) is 10.9. The molecule has 168 valence electrons. The maximum absolute atomic E-state index is 12.9. The van der Waals surface area contributed by atoms with E-state index in [2.05, 4.69) is 10.3 Å². The average molecular weight is 446 g/mol. The summed E-state index contributed by atoms with van der Waals surface area (Å²) in [4.78, 5) is 41.7. The first-order valence-corrected chi connectivity index (χ1v) is 10.9. The second-order valence-corrected chi connectivity index (χ2v) is 8.18. The number of fused-ring (bicyclic) bond motifs is 3. The van der Waals surface area contributed by atoms with Crippen molar-refractivity contribution >= 4 is 28.8 Å². The molecule has 3 aromatic rings. The van der Waals surface area contributed by atoms with Crippen molar-refractivity contribution in [2.24, 2.45) is 4.99 Å². The van der Waals surface area contributed by atoms with Gasteiger partial charge in [0.15, 0.2) is 23.7 Å². The lowest BCUT2D eigenvalue weighted by Crippen LogP contribution is -2.64. The number of nitrogens with one attached hydrogen (secondary N) is 2. The summed E-state index contributed by atoms with van der Waals surface area (Å²) >= 11 is 0. The second kappa shape index (κ2) is 7.51. The van der Waals surface area contributed by atoms with Crippen LogP contribution in [0, 0.1) is 0 Å². The van der Waals surface area contributed by atoms with Crippen molar-refractivity contribution in [2.75, 3.05) is 13.3 Å². The highest BCUT2D eigenvalue weighted by molar-refractivity contribution is 6.04. The molecule has 3 aliphatic heterocycles. The number of imide groups is 1. The van der Waals surface area contributed by atoms with Gasteiger partial charge in [0.25, 0.3) is 5.91 Å². The molecule has 4 heterocycles. The highest BCUT2D eigenvalue weighted by Crippen LogP contribution is 2.35. The molecule has 33 heavy (non-hydrogen) atoms. The minimum atomic E-state index is -0.590. The Bertz CT molecular complexity index is 1250. The molecule has 2 unspecified atom stereocenters. The van der Waals surface area contributed by atoms with Crippen LogP contribution in [-0.4, -0.2) is 63.1 Å². The number of ether oxygens (including phenoxy) is 2. The number of aromatic nitrogens is 2. The molecule has 0 aliphatic carbocycles. The highest BCUT2D eigenvalue weighted by Gasteiger charge is 2.49. The van der Waals surface area contributed by atoms with Gasteiger partial charge in [-0.05, 0) is 12.5 Å². The van der Waals surface area contributed by atoms with Gasteiger partial charge in [0, 0.05) is 25.2 Å². The average Bonchev–Trinajstić information content (AvgIpc) is 3.50. The molecule has 0 saturated carbocycles. The Balaban J connectivity index is 1.36. The van der Waals surface area contributed by atoms with E-state index in [1.165, 1.54) is 0 Å². The van der Waals surface area contributed by atoms with Crippen LogP contribution in [0.1, 0.15) is 18.3 Å². The molecular formula is C23H22N6O4. The molecule has 3 aliphatic rings. The number of aromatic amines is 1. The molecule has 2 aromatic carbocycles. The number of rotatable bonds is 5. The Labute approximate surface area is 189 Å². The first-order chi connectivity index (χ1) is 16.1. The van der Waals surface area contributed by atoms with Crippen LogP contribution in [0.25, 0.3) is 11.0 Å². The van der Waals surface area contributed by atoms with Crippen molar-refractivity contribution in [1.82, 2.24) is 25.1 Å². The second-order valence-electron chi connectivity index (χ2n) is 8.18. The quantitative estimate of drug-likeness (QED) is 0.620. The van der Waals surface area contributed by atoms with E-state index in [0.29, 0.717) is 42.7 Å². The Morgan fingerprint density at radius 1 is 1.09 bits per heavy atom. The largest absolute Gasteiger partial charge is 0.454 e. The fourth-order valence-corrected chi connectivity index (χ4v) is 4.64. The van der Waals surface area contributed by atoms with E-state index in [1.807, 2.05) is 54.3 Å². The van der Waals surface area contributed by atoms with Gasteiger partial charge in [-0.1, -0.05) is 30.3 Å². The number of hydrogen-bond acceptors (Lipinski definition) is 7. The van der Waals surface area contributed by atoms with Crippen LogP contribution in [0.3, 0.4) is 0 Å². The minimum absolute atomic E-state index is 0.206. The zero-order valence-corrected chi connectivity index (χ0v) is 17.9. The van der Waals surface area contributed by atoms with Crippen LogP contribution in [0.4, 0.5) is 4.79 Å². The third kappa shape index (κ3) is 3.25. The molecule has 2 atom stereocenters. The van der Waals surface area contributed by atoms with Crippen molar-refractivity contribution in [3.05, 3.63) is 53.9 Å². The molecular weight excluding hydrogens is 424 g/mol. The lowest BCUT2D eigenvalue weighted by atomic mass is 10.1. The monoisotopic (exact) mass is 446 g/mol. The smallest absolute Gasteiger partial charge is 0.325 e. The van der Waals surface area contributed by atoms with Crippen LogP contribution in [0.2, 0.25) is 0 Å². The van der Waals surface area contributed by atoms with Gasteiger partial charge >= 0.3 is 6.03 Å². The molecule has 0 bridgehead atoms. The molecule has 1 saturated heterocycles. The molecule has 1 aromatic heterocycles. The topological polar surface area (TPSA) is 112 Å². The van der Waals surface area contributed by atoms with E-state index in [-0.39, 0.29) is 12.7 Å². The minimum Gasteiger partial charge on any atom is -0.454 e. The predicted octanol–water partition coefficient (Wildman–Crippen LogP) is 2.01. The first kappa shape index (κ1) is 19.6. The SMILES string of the molecule is CCN1C(=O)NC(=O)C2C1N=C(Cc1nc3cc4c(cc3[nH]1)OCO4)N2Cc1ccccc1. The highest BCUT2D eigenvalue weighted by atomic mass is 16.7. The number of nitrogens with zero attached hydrogens (tertiary/aromatic N) is 4. The molecule has 0 radical (unpaired) electrons. The van der Waals surface area contributed by atoms with E-state index in [0.717, 1.165) is 16.6 Å². The van der Waals surface area contributed by atoms with Crippen LogP contribution in [0.15, 0.2) is 47.5 Å². The van der Waals surface area contributed by atoms with Gasteiger partial charge in [0.2, 0.25) is 6.79 Å². The fraction of sp³-hybridized carbons (Fsp3) is 0.304. The Morgan fingerprint density at radius 2 is 1.88 bits per heavy atom. The summed E-state index contributed by atoms with van der Waals surface area (Å²) in [5.74, 6) is 2.43. The molecule has 3 amide bonds. The van der Waals surface area contributed by atoms with Crippen LogP contribution >= 0.6 is 0 Å². The lowest BCUT2D eigenvalue weighted by molar-refractivity contribution is -0.127. The molecule has 10 nitrogen and oxygen atoms in total. The number of amidine groups is 1. The van der Waals surface area contributed by atoms with Gasteiger partial charge in [0.1, 0.15) is 11.7 Å². The van der Waals surface area contributed by atoms with E-state index >= 15 is 0 Å². The van der Waals surface area contributed by atoms with E-state index < -0.39 is 18.2 Å². The van der Waals surface area contributed by atoms with Gasteiger partial charge in [-0.2, -0.15) is 0 Å². The van der Waals surface area contributed by atoms with E-state index in [9.17, 15) is 9.59 Å². The molecule has 1 fully saturated rings. The number of benzene rings is 2. The van der Waals surface area contributed by atoms with Gasteiger partial charge in [-0.25, -0.2) is 14.8 Å². The zero-order valence-electron chi connectivity index (χ0n) is 17.9.